The highest BCUT2D eigenvalue weighted by Gasteiger charge is 2.23. The molecule has 0 aliphatic heterocycles. The Labute approximate surface area is 195 Å². The SMILES string of the molecule is CC(C)c1ccc(-c2csc3ncnc(NC(Cc4c[nH]c5ccccc45)C(=O)O)c23)cc1. The quantitative estimate of drug-likeness (QED) is 0.276. The van der Waals surface area contributed by atoms with Crippen LogP contribution in [-0.4, -0.2) is 32.1 Å². The molecule has 33 heavy (non-hydrogen) atoms. The van der Waals surface area contributed by atoms with Crippen molar-refractivity contribution in [3.8, 4) is 11.1 Å². The van der Waals surface area contributed by atoms with Gasteiger partial charge < -0.3 is 15.4 Å². The van der Waals surface area contributed by atoms with E-state index in [-0.39, 0.29) is 0 Å². The number of benzene rings is 2. The maximum atomic E-state index is 12.2. The molecule has 166 valence electrons. The van der Waals surface area contributed by atoms with Gasteiger partial charge in [-0.15, -0.1) is 11.3 Å². The van der Waals surface area contributed by atoms with Gasteiger partial charge in [0.25, 0.3) is 0 Å². The number of rotatable bonds is 7. The van der Waals surface area contributed by atoms with Crippen molar-refractivity contribution in [2.75, 3.05) is 5.32 Å². The second-order valence-corrected chi connectivity index (χ2v) is 9.29. The number of hydrogen-bond donors (Lipinski definition) is 3. The molecule has 3 aromatic heterocycles. The zero-order chi connectivity index (χ0) is 22.9. The lowest BCUT2D eigenvalue weighted by Gasteiger charge is -2.16. The van der Waals surface area contributed by atoms with Crippen molar-refractivity contribution in [1.29, 1.82) is 0 Å². The third-order valence-corrected chi connectivity index (χ3v) is 6.85. The minimum absolute atomic E-state index is 0.327. The van der Waals surface area contributed by atoms with Crippen molar-refractivity contribution in [1.82, 2.24) is 15.0 Å². The summed E-state index contributed by atoms with van der Waals surface area (Å²) >= 11 is 1.53. The van der Waals surface area contributed by atoms with Crippen LogP contribution in [0.25, 0.3) is 32.2 Å². The molecular weight excluding hydrogens is 432 g/mol. The van der Waals surface area contributed by atoms with Crippen LogP contribution in [0, 0.1) is 0 Å². The highest BCUT2D eigenvalue weighted by atomic mass is 32.1. The van der Waals surface area contributed by atoms with Gasteiger partial charge in [0.1, 0.15) is 23.0 Å². The van der Waals surface area contributed by atoms with Crippen molar-refractivity contribution in [2.45, 2.75) is 32.2 Å². The van der Waals surface area contributed by atoms with Crippen LogP contribution in [0.2, 0.25) is 0 Å². The van der Waals surface area contributed by atoms with Crippen LogP contribution in [0.15, 0.2) is 66.4 Å². The van der Waals surface area contributed by atoms with E-state index in [1.54, 1.807) is 0 Å². The Balaban J connectivity index is 1.50. The molecular formula is C26H24N4O2S. The Morgan fingerprint density at radius 1 is 1.12 bits per heavy atom. The summed E-state index contributed by atoms with van der Waals surface area (Å²) < 4.78 is 0. The van der Waals surface area contributed by atoms with Crippen molar-refractivity contribution < 1.29 is 9.90 Å². The van der Waals surface area contributed by atoms with Crippen molar-refractivity contribution >= 4 is 44.2 Å². The first-order chi connectivity index (χ1) is 16.0. The van der Waals surface area contributed by atoms with Crippen LogP contribution in [0.3, 0.4) is 0 Å². The van der Waals surface area contributed by atoms with E-state index in [0.717, 1.165) is 37.8 Å². The zero-order valence-electron chi connectivity index (χ0n) is 18.4. The summed E-state index contributed by atoms with van der Waals surface area (Å²) in [5.74, 6) is 0.0706. The molecule has 0 saturated heterocycles. The number of anilines is 1. The Morgan fingerprint density at radius 2 is 1.91 bits per heavy atom. The lowest BCUT2D eigenvalue weighted by molar-refractivity contribution is -0.137. The van der Waals surface area contributed by atoms with Gasteiger partial charge in [0, 0.05) is 34.5 Å². The molecule has 0 fully saturated rings. The maximum Gasteiger partial charge on any atom is 0.326 e. The number of aromatic amines is 1. The second-order valence-electron chi connectivity index (χ2n) is 8.43. The molecule has 7 heteroatoms. The van der Waals surface area contributed by atoms with E-state index in [1.165, 1.54) is 23.2 Å². The van der Waals surface area contributed by atoms with Gasteiger partial charge in [-0.05, 0) is 28.7 Å². The van der Waals surface area contributed by atoms with E-state index in [2.05, 4.69) is 63.8 Å². The first-order valence-electron chi connectivity index (χ1n) is 10.9. The molecule has 5 rings (SSSR count). The van der Waals surface area contributed by atoms with Gasteiger partial charge in [0.05, 0.1) is 5.39 Å². The Bertz CT molecular complexity index is 1440. The summed E-state index contributed by atoms with van der Waals surface area (Å²) in [7, 11) is 0. The first-order valence-corrected chi connectivity index (χ1v) is 11.8. The molecule has 0 bridgehead atoms. The lowest BCUT2D eigenvalue weighted by Crippen LogP contribution is -2.32. The number of aliphatic carboxylic acids is 1. The van der Waals surface area contributed by atoms with Crippen LogP contribution in [0.4, 0.5) is 5.82 Å². The molecule has 2 aromatic carbocycles. The van der Waals surface area contributed by atoms with E-state index >= 15 is 0 Å². The average Bonchev–Trinajstić information content (AvgIpc) is 3.44. The standard InChI is InChI=1S/C26H24N4O2S/c1-15(2)16-7-9-17(10-8-16)20-13-33-25-23(20)24(28-14-29-25)30-22(26(31)32)11-18-12-27-21-6-4-3-5-19(18)21/h3-10,12-15,22,27H,11H2,1-2H3,(H,31,32)(H,28,29,30). The summed E-state index contributed by atoms with van der Waals surface area (Å²) in [6.07, 6.45) is 3.69. The maximum absolute atomic E-state index is 12.2. The monoisotopic (exact) mass is 456 g/mol. The summed E-state index contributed by atoms with van der Waals surface area (Å²) in [5.41, 5.74) is 5.28. The zero-order valence-corrected chi connectivity index (χ0v) is 19.2. The molecule has 0 aliphatic rings. The lowest BCUT2D eigenvalue weighted by atomic mass is 9.99. The van der Waals surface area contributed by atoms with Gasteiger partial charge in [0.15, 0.2) is 0 Å². The van der Waals surface area contributed by atoms with Crippen molar-refractivity contribution in [2.24, 2.45) is 0 Å². The van der Waals surface area contributed by atoms with Crippen LogP contribution in [0.1, 0.15) is 30.9 Å². The third kappa shape index (κ3) is 4.07. The van der Waals surface area contributed by atoms with Crippen LogP contribution in [-0.2, 0) is 11.2 Å². The Morgan fingerprint density at radius 3 is 2.67 bits per heavy atom. The number of carbonyl (C=O) groups is 1. The average molecular weight is 457 g/mol. The molecule has 3 N–H and O–H groups in total. The van der Waals surface area contributed by atoms with E-state index < -0.39 is 12.0 Å². The fourth-order valence-electron chi connectivity index (χ4n) is 4.13. The molecule has 3 heterocycles. The molecule has 0 amide bonds. The number of hydrogen-bond acceptors (Lipinski definition) is 5. The molecule has 6 nitrogen and oxygen atoms in total. The predicted octanol–water partition coefficient (Wildman–Crippen LogP) is 6.07. The van der Waals surface area contributed by atoms with Crippen LogP contribution in [0.5, 0.6) is 0 Å². The highest BCUT2D eigenvalue weighted by Crippen LogP contribution is 2.37. The first kappa shape index (κ1) is 21.2. The van der Waals surface area contributed by atoms with Crippen LogP contribution < -0.4 is 5.32 Å². The Hall–Kier alpha value is -3.71. The summed E-state index contributed by atoms with van der Waals surface area (Å²) in [5, 5.41) is 17.1. The summed E-state index contributed by atoms with van der Waals surface area (Å²) in [6, 6.07) is 15.5. The van der Waals surface area contributed by atoms with E-state index in [0.29, 0.717) is 18.2 Å². The molecule has 0 radical (unpaired) electrons. The number of para-hydroxylation sites is 1. The third-order valence-electron chi connectivity index (χ3n) is 5.97. The van der Waals surface area contributed by atoms with Gasteiger partial charge in [-0.1, -0.05) is 56.3 Å². The van der Waals surface area contributed by atoms with Gasteiger partial charge >= 0.3 is 5.97 Å². The second kappa shape index (κ2) is 8.67. The fourth-order valence-corrected chi connectivity index (χ4v) is 5.05. The van der Waals surface area contributed by atoms with E-state index in [1.807, 2.05) is 30.5 Å². The minimum Gasteiger partial charge on any atom is -0.480 e. The van der Waals surface area contributed by atoms with Crippen LogP contribution >= 0.6 is 11.3 Å². The van der Waals surface area contributed by atoms with Gasteiger partial charge in [-0.3, -0.25) is 0 Å². The molecule has 0 spiro atoms. The van der Waals surface area contributed by atoms with Gasteiger partial charge in [-0.2, -0.15) is 0 Å². The van der Waals surface area contributed by atoms with E-state index in [4.69, 9.17) is 0 Å². The van der Waals surface area contributed by atoms with Gasteiger partial charge in [0.2, 0.25) is 0 Å². The van der Waals surface area contributed by atoms with Crippen molar-refractivity contribution in [3.63, 3.8) is 0 Å². The smallest absolute Gasteiger partial charge is 0.326 e. The van der Waals surface area contributed by atoms with Crippen molar-refractivity contribution in [3.05, 3.63) is 77.6 Å². The normalized spacial score (nSPS) is 12.5. The number of H-pyrrole nitrogens is 1. The number of fused-ring (bicyclic) bond motifs is 2. The molecule has 0 aliphatic carbocycles. The van der Waals surface area contributed by atoms with E-state index in [9.17, 15) is 9.90 Å². The number of carboxylic acids is 1. The number of nitrogens with one attached hydrogen (secondary N) is 2. The molecule has 1 unspecified atom stereocenters. The number of nitrogens with zero attached hydrogens (tertiary/aromatic N) is 2. The minimum atomic E-state index is -0.926. The highest BCUT2D eigenvalue weighted by molar-refractivity contribution is 7.17. The topological polar surface area (TPSA) is 90.9 Å². The Kier molecular flexibility index (Phi) is 5.56. The number of aromatic nitrogens is 3. The molecule has 1 atom stereocenters. The summed E-state index contributed by atoms with van der Waals surface area (Å²) in [6.45, 7) is 4.34. The molecule has 5 aromatic rings. The molecule has 0 saturated carbocycles. The number of carboxylic acid groups (broad SMARTS) is 1. The fraction of sp³-hybridized carbons (Fsp3) is 0.192. The van der Waals surface area contributed by atoms with Gasteiger partial charge in [-0.25, -0.2) is 14.8 Å². The predicted molar refractivity (Wildman–Crippen MR) is 134 cm³/mol. The number of thiophene rings is 1. The summed E-state index contributed by atoms with van der Waals surface area (Å²) in [4.78, 5) is 25.1. The largest absolute Gasteiger partial charge is 0.480 e.